The molecule has 1 nitrogen and oxygen atoms in total. The minimum atomic E-state index is -2.82. The van der Waals surface area contributed by atoms with Crippen LogP contribution in [0.3, 0.4) is 0 Å². The summed E-state index contributed by atoms with van der Waals surface area (Å²) in [7, 11) is 0. The number of benzene rings is 1. The van der Waals surface area contributed by atoms with E-state index in [0.717, 1.165) is 5.56 Å². The van der Waals surface area contributed by atoms with Gasteiger partial charge in [-0.05, 0) is 24.5 Å². The predicted molar refractivity (Wildman–Crippen MR) is 56.9 cm³/mol. The highest BCUT2D eigenvalue weighted by molar-refractivity contribution is 5.61. The number of halogens is 2. The van der Waals surface area contributed by atoms with E-state index in [4.69, 9.17) is 0 Å². The number of hydrogen-bond acceptors (Lipinski definition) is 1. The second-order valence-electron chi connectivity index (χ2n) is 3.24. The molecule has 0 aromatic heterocycles. The van der Waals surface area contributed by atoms with E-state index in [0.29, 0.717) is 5.56 Å². The van der Waals surface area contributed by atoms with Gasteiger partial charge in [0.05, 0.1) is 0 Å². The SMILES string of the molecule is [CH2]C(C)c1cccc(OC(F)F)c1C=C. The quantitative estimate of drug-likeness (QED) is 0.734. The van der Waals surface area contributed by atoms with E-state index >= 15 is 0 Å². The van der Waals surface area contributed by atoms with E-state index in [1.165, 1.54) is 12.1 Å². The number of ether oxygens (including phenoxy) is 1. The van der Waals surface area contributed by atoms with Crippen molar-refractivity contribution < 1.29 is 13.5 Å². The lowest BCUT2D eigenvalue weighted by atomic mass is 9.96. The molecule has 0 aliphatic carbocycles. The Morgan fingerprint density at radius 3 is 2.53 bits per heavy atom. The first-order valence-electron chi connectivity index (χ1n) is 4.59. The van der Waals surface area contributed by atoms with E-state index in [1.807, 2.05) is 13.0 Å². The molecule has 1 radical (unpaired) electrons. The minimum absolute atomic E-state index is 0.000720. The molecule has 15 heavy (non-hydrogen) atoms. The third-order valence-electron chi connectivity index (χ3n) is 2.05. The van der Waals surface area contributed by atoms with Crippen LogP contribution < -0.4 is 4.74 Å². The smallest absolute Gasteiger partial charge is 0.387 e. The fraction of sp³-hybridized carbons (Fsp3) is 0.250. The van der Waals surface area contributed by atoms with Gasteiger partial charge in [-0.1, -0.05) is 31.7 Å². The summed E-state index contributed by atoms with van der Waals surface area (Å²) < 4.78 is 28.6. The summed E-state index contributed by atoms with van der Waals surface area (Å²) in [4.78, 5) is 0. The first kappa shape index (κ1) is 11.7. The molecule has 0 aliphatic heterocycles. The molecule has 1 aromatic carbocycles. The summed E-state index contributed by atoms with van der Waals surface area (Å²) in [6.45, 7) is 6.50. The van der Waals surface area contributed by atoms with Crippen molar-refractivity contribution in [1.82, 2.24) is 0 Å². The Morgan fingerprint density at radius 2 is 2.07 bits per heavy atom. The summed E-state index contributed by atoms with van der Waals surface area (Å²) >= 11 is 0. The van der Waals surface area contributed by atoms with Crippen LogP contribution in [-0.2, 0) is 0 Å². The van der Waals surface area contributed by atoms with Crippen LogP contribution in [0.2, 0.25) is 0 Å². The average molecular weight is 211 g/mol. The van der Waals surface area contributed by atoms with E-state index in [2.05, 4.69) is 18.2 Å². The van der Waals surface area contributed by atoms with Crippen LogP contribution in [0.1, 0.15) is 24.0 Å². The Hall–Kier alpha value is -1.38. The van der Waals surface area contributed by atoms with E-state index in [1.54, 1.807) is 6.07 Å². The van der Waals surface area contributed by atoms with Crippen molar-refractivity contribution in [2.75, 3.05) is 0 Å². The molecule has 0 fully saturated rings. The molecule has 0 saturated carbocycles. The molecule has 1 atom stereocenters. The molecule has 0 bridgehead atoms. The Morgan fingerprint density at radius 1 is 1.40 bits per heavy atom. The Kier molecular flexibility index (Phi) is 3.83. The summed E-state index contributed by atoms with van der Waals surface area (Å²) in [6, 6.07) is 4.99. The van der Waals surface area contributed by atoms with E-state index < -0.39 is 6.61 Å². The van der Waals surface area contributed by atoms with Crippen LogP contribution in [-0.4, -0.2) is 6.61 Å². The second kappa shape index (κ2) is 4.91. The molecular weight excluding hydrogens is 198 g/mol. The number of alkyl halides is 2. The molecule has 0 saturated heterocycles. The molecule has 0 N–H and O–H groups in total. The second-order valence-corrected chi connectivity index (χ2v) is 3.24. The fourth-order valence-corrected chi connectivity index (χ4v) is 1.41. The lowest BCUT2D eigenvalue weighted by molar-refractivity contribution is -0.0500. The van der Waals surface area contributed by atoms with Crippen LogP contribution >= 0.6 is 0 Å². The Bertz CT molecular complexity index is 345. The van der Waals surface area contributed by atoms with Gasteiger partial charge >= 0.3 is 6.61 Å². The van der Waals surface area contributed by atoms with Gasteiger partial charge in [-0.3, -0.25) is 0 Å². The standard InChI is InChI=1S/C12H13F2O/c1-4-9-10(8(2)3)6-5-7-11(9)15-12(13)14/h4-8,12H,1-2H2,3H3. The normalized spacial score (nSPS) is 10.8. The van der Waals surface area contributed by atoms with Gasteiger partial charge in [-0.25, -0.2) is 0 Å². The van der Waals surface area contributed by atoms with Gasteiger partial charge in [0.1, 0.15) is 5.75 Å². The zero-order valence-electron chi connectivity index (χ0n) is 8.54. The first-order chi connectivity index (χ1) is 7.06. The summed E-state index contributed by atoms with van der Waals surface area (Å²) in [5.41, 5.74) is 1.43. The monoisotopic (exact) mass is 211 g/mol. The van der Waals surface area contributed by atoms with Gasteiger partial charge in [-0.2, -0.15) is 8.78 Å². The summed E-state index contributed by atoms with van der Waals surface area (Å²) in [5, 5.41) is 0. The van der Waals surface area contributed by atoms with Crippen molar-refractivity contribution in [1.29, 1.82) is 0 Å². The van der Waals surface area contributed by atoms with Crippen molar-refractivity contribution in [3.8, 4) is 5.75 Å². The molecule has 1 unspecified atom stereocenters. The number of hydrogen-bond donors (Lipinski definition) is 0. The van der Waals surface area contributed by atoms with Crippen molar-refractivity contribution in [3.05, 3.63) is 42.8 Å². The van der Waals surface area contributed by atoms with E-state index in [-0.39, 0.29) is 11.7 Å². The fourth-order valence-electron chi connectivity index (χ4n) is 1.41. The highest BCUT2D eigenvalue weighted by Gasteiger charge is 2.12. The first-order valence-corrected chi connectivity index (χ1v) is 4.59. The largest absolute Gasteiger partial charge is 0.434 e. The van der Waals surface area contributed by atoms with Gasteiger partial charge < -0.3 is 4.74 Å². The zero-order valence-corrected chi connectivity index (χ0v) is 8.54. The van der Waals surface area contributed by atoms with Gasteiger partial charge in [0, 0.05) is 5.56 Å². The van der Waals surface area contributed by atoms with Crippen molar-refractivity contribution in [3.63, 3.8) is 0 Å². The molecule has 81 valence electrons. The topological polar surface area (TPSA) is 9.23 Å². The predicted octanol–water partition coefficient (Wildman–Crippen LogP) is 3.87. The lowest BCUT2D eigenvalue weighted by Gasteiger charge is -2.14. The van der Waals surface area contributed by atoms with Crippen molar-refractivity contribution in [2.24, 2.45) is 0 Å². The van der Waals surface area contributed by atoms with Crippen LogP contribution in [0.5, 0.6) is 5.75 Å². The molecule has 3 heteroatoms. The van der Waals surface area contributed by atoms with Gasteiger partial charge in [0.15, 0.2) is 0 Å². The van der Waals surface area contributed by atoms with Crippen LogP contribution in [0.25, 0.3) is 6.08 Å². The highest BCUT2D eigenvalue weighted by atomic mass is 19.3. The maximum absolute atomic E-state index is 12.1. The number of rotatable bonds is 4. The highest BCUT2D eigenvalue weighted by Crippen LogP contribution is 2.29. The maximum atomic E-state index is 12.1. The van der Waals surface area contributed by atoms with Gasteiger partial charge in [0.25, 0.3) is 0 Å². The molecule has 1 aromatic rings. The molecular formula is C12H13F2O. The Balaban J connectivity index is 3.16. The average Bonchev–Trinajstić information content (AvgIpc) is 2.16. The third-order valence-corrected chi connectivity index (χ3v) is 2.05. The summed E-state index contributed by atoms with van der Waals surface area (Å²) in [6.07, 6.45) is 1.51. The lowest BCUT2D eigenvalue weighted by Crippen LogP contribution is -2.05. The molecule has 0 spiro atoms. The molecule has 0 aliphatic rings. The van der Waals surface area contributed by atoms with Crippen molar-refractivity contribution in [2.45, 2.75) is 19.5 Å². The Labute approximate surface area is 88.4 Å². The van der Waals surface area contributed by atoms with Gasteiger partial charge in [-0.15, -0.1) is 0 Å². The van der Waals surface area contributed by atoms with Crippen LogP contribution in [0, 0.1) is 6.92 Å². The maximum Gasteiger partial charge on any atom is 0.387 e. The molecule has 0 heterocycles. The zero-order chi connectivity index (χ0) is 11.4. The van der Waals surface area contributed by atoms with Crippen LogP contribution in [0.4, 0.5) is 8.78 Å². The summed E-state index contributed by atoms with van der Waals surface area (Å²) in [5.74, 6) is 0.146. The molecule has 0 amide bonds. The van der Waals surface area contributed by atoms with Crippen LogP contribution in [0.15, 0.2) is 24.8 Å². The molecule has 1 rings (SSSR count). The van der Waals surface area contributed by atoms with Gasteiger partial charge in [0.2, 0.25) is 0 Å². The van der Waals surface area contributed by atoms with E-state index in [9.17, 15) is 8.78 Å². The van der Waals surface area contributed by atoms with Crippen molar-refractivity contribution >= 4 is 6.08 Å². The minimum Gasteiger partial charge on any atom is -0.434 e. The third kappa shape index (κ3) is 2.78.